The number of hydrogen-bond acceptors (Lipinski definition) is 1. The van der Waals surface area contributed by atoms with Gasteiger partial charge in [0.25, 0.3) is 0 Å². The molecule has 114 valence electrons. The smallest absolute Gasteiger partial charge is 0.0421 e. The highest BCUT2D eigenvalue weighted by Crippen LogP contribution is 2.30. The van der Waals surface area contributed by atoms with Crippen molar-refractivity contribution in [1.82, 2.24) is 5.32 Å². The maximum Gasteiger partial charge on any atom is 0.0421 e. The van der Waals surface area contributed by atoms with Gasteiger partial charge in [-0.05, 0) is 61.4 Å². The maximum atomic E-state index is 4.05. The lowest BCUT2D eigenvalue weighted by Gasteiger charge is -2.30. The largest absolute Gasteiger partial charge is 0.381 e. The Labute approximate surface area is 130 Å². The Balaban J connectivity index is 2.52. The molecule has 0 bridgehead atoms. The number of hydrogen-bond donors (Lipinski definition) is 1. The molecule has 1 heteroatoms. The standard InChI is InChI=1S/C20H29N/c1-6-9-16-11-17-12-18(8-3)21-20(10-14(4)5)19(17)13-15(16)7-2/h10-11,13,18,21H,4,6-9,12H2,1-3,5H3/b20-10-. The van der Waals surface area contributed by atoms with Crippen molar-refractivity contribution in [2.75, 3.05) is 0 Å². The first-order valence-corrected chi connectivity index (χ1v) is 8.37. The van der Waals surface area contributed by atoms with Gasteiger partial charge in [0.2, 0.25) is 0 Å². The van der Waals surface area contributed by atoms with E-state index in [1.165, 1.54) is 35.2 Å². The molecule has 1 atom stereocenters. The average molecular weight is 283 g/mol. The van der Waals surface area contributed by atoms with Crippen molar-refractivity contribution in [1.29, 1.82) is 0 Å². The topological polar surface area (TPSA) is 12.0 Å². The van der Waals surface area contributed by atoms with Crippen LogP contribution in [-0.4, -0.2) is 6.04 Å². The zero-order valence-electron chi connectivity index (χ0n) is 14.1. The first kappa shape index (κ1) is 15.9. The fourth-order valence-electron chi connectivity index (χ4n) is 3.22. The number of allylic oxidation sites excluding steroid dienone is 2. The van der Waals surface area contributed by atoms with Gasteiger partial charge >= 0.3 is 0 Å². The fraction of sp³-hybridized carbons (Fsp3) is 0.500. The molecule has 0 saturated heterocycles. The summed E-state index contributed by atoms with van der Waals surface area (Å²) in [6.07, 6.45) is 8.02. The van der Waals surface area contributed by atoms with Gasteiger partial charge in [0.05, 0.1) is 0 Å². The van der Waals surface area contributed by atoms with Crippen LogP contribution in [0.2, 0.25) is 0 Å². The number of fused-ring (bicyclic) bond motifs is 1. The van der Waals surface area contributed by atoms with E-state index >= 15 is 0 Å². The summed E-state index contributed by atoms with van der Waals surface area (Å²) in [4.78, 5) is 0. The Hall–Kier alpha value is -1.50. The van der Waals surface area contributed by atoms with E-state index in [2.05, 4.69) is 57.8 Å². The van der Waals surface area contributed by atoms with E-state index in [0.29, 0.717) is 6.04 Å². The zero-order chi connectivity index (χ0) is 15.4. The molecule has 21 heavy (non-hydrogen) atoms. The van der Waals surface area contributed by atoms with Gasteiger partial charge in [-0.2, -0.15) is 0 Å². The molecule has 0 spiro atoms. The molecule has 1 unspecified atom stereocenters. The lowest BCUT2D eigenvalue weighted by atomic mass is 9.86. The molecule has 0 aliphatic carbocycles. The van der Waals surface area contributed by atoms with Gasteiger partial charge in [-0.25, -0.2) is 0 Å². The first-order valence-electron chi connectivity index (χ1n) is 8.37. The Bertz CT molecular complexity index is 551. The third-order valence-corrected chi connectivity index (χ3v) is 4.33. The highest BCUT2D eigenvalue weighted by atomic mass is 14.9. The van der Waals surface area contributed by atoms with Crippen LogP contribution < -0.4 is 5.32 Å². The summed E-state index contributed by atoms with van der Waals surface area (Å²) in [7, 11) is 0. The minimum Gasteiger partial charge on any atom is -0.381 e. The number of nitrogens with one attached hydrogen (secondary N) is 1. The Morgan fingerprint density at radius 1 is 1.29 bits per heavy atom. The van der Waals surface area contributed by atoms with Crippen LogP contribution in [0, 0.1) is 0 Å². The van der Waals surface area contributed by atoms with Gasteiger partial charge in [0, 0.05) is 17.3 Å². The second-order valence-corrected chi connectivity index (χ2v) is 6.24. The molecular weight excluding hydrogens is 254 g/mol. The second kappa shape index (κ2) is 6.98. The normalized spacial score (nSPS) is 19.2. The van der Waals surface area contributed by atoms with Crippen LogP contribution in [0.1, 0.15) is 62.8 Å². The predicted molar refractivity (Wildman–Crippen MR) is 93.5 cm³/mol. The zero-order valence-corrected chi connectivity index (χ0v) is 14.1. The molecule has 0 saturated carbocycles. The second-order valence-electron chi connectivity index (χ2n) is 6.24. The van der Waals surface area contributed by atoms with Crippen molar-refractivity contribution in [3.05, 3.63) is 52.6 Å². The van der Waals surface area contributed by atoms with Gasteiger partial charge in [-0.3, -0.25) is 0 Å². The average Bonchev–Trinajstić information content (AvgIpc) is 2.46. The third-order valence-electron chi connectivity index (χ3n) is 4.33. The minimum absolute atomic E-state index is 0.546. The van der Waals surface area contributed by atoms with Gasteiger partial charge < -0.3 is 5.32 Å². The highest BCUT2D eigenvalue weighted by molar-refractivity contribution is 5.72. The number of benzene rings is 1. The summed E-state index contributed by atoms with van der Waals surface area (Å²) in [6, 6.07) is 5.42. The van der Waals surface area contributed by atoms with Crippen molar-refractivity contribution in [2.24, 2.45) is 0 Å². The summed E-state index contributed by atoms with van der Waals surface area (Å²) in [5, 5.41) is 3.69. The number of aryl methyl sites for hydroxylation is 2. The third kappa shape index (κ3) is 3.58. The minimum atomic E-state index is 0.546. The predicted octanol–water partition coefficient (Wildman–Crippen LogP) is 5.04. The molecule has 1 aromatic rings. The van der Waals surface area contributed by atoms with Gasteiger partial charge in [-0.15, -0.1) is 0 Å². The maximum absolute atomic E-state index is 4.05. The van der Waals surface area contributed by atoms with Crippen molar-refractivity contribution in [3.63, 3.8) is 0 Å². The lowest BCUT2D eigenvalue weighted by Crippen LogP contribution is -2.34. The van der Waals surface area contributed by atoms with E-state index in [-0.39, 0.29) is 0 Å². The van der Waals surface area contributed by atoms with Gasteiger partial charge in [0.15, 0.2) is 0 Å². The van der Waals surface area contributed by atoms with Crippen molar-refractivity contribution in [3.8, 4) is 0 Å². The Kier molecular flexibility index (Phi) is 5.27. The summed E-state index contributed by atoms with van der Waals surface area (Å²) in [6.45, 7) is 12.9. The molecule has 1 N–H and O–H groups in total. The lowest BCUT2D eigenvalue weighted by molar-refractivity contribution is 0.558. The van der Waals surface area contributed by atoms with Crippen LogP contribution in [-0.2, 0) is 19.3 Å². The molecule has 1 nitrogen and oxygen atoms in total. The molecule has 1 heterocycles. The molecule has 0 fully saturated rings. The summed E-state index contributed by atoms with van der Waals surface area (Å²) in [5.74, 6) is 0. The number of rotatable bonds is 5. The van der Waals surface area contributed by atoms with E-state index in [9.17, 15) is 0 Å². The van der Waals surface area contributed by atoms with Crippen LogP contribution in [0.25, 0.3) is 5.70 Å². The van der Waals surface area contributed by atoms with Crippen molar-refractivity contribution in [2.45, 2.75) is 65.8 Å². The van der Waals surface area contributed by atoms with E-state index in [1.54, 1.807) is 5.56 Å². The van der Waals surface area contributed by atoms with Crippen molar-refractivity contribution >= 4 is 5.70 Å². The van der Waals surface area contributed by atoms with Crippen molar-refractivity contribution < 1.29 is 0 Å². The fourth-order valence-corrected chi connectivity index (χ4v) is 3.22. The van der Waals surface area contributed by atoms with E-state index in [4.69, 9.17) is 0 Å². The van der Waals surface area contributed by atoms with Crippen LogP contribution in [0.4, 0.5) is 0 Å². The highest BCUT2D eigenvalue weighted by Gasteiger charge is 2.21. The SMILES string of the molecule is C=C(C)/C=C1\NC(CC)Cc2cc(CCC)c(CC)cc21. The van der Waals surface area contributed by atoms with Gasteiger partial charge in [-0.1, -0.05) is 45.4 Å². The molecule has 1 aliphatic heterocycles. The van der Waals surface area contributed by atoms with Crippen LogP contribution in [0.5, 0.6) is 0 Å². The molecule has 2 rings (SSSR count). The van der Waals surface area contributed by atoms with E-state index in [0.717, 1.165) is 24.8 Å². The molecule has 1 aliphatic rings. The van der Waals surface area contributed by atoms with E-state index in [1.807, 2.05) is 0 Å². The van der Waals surface area contributed by atoms with Gasteiger partial charge in [0.1, 0.15) is 0 Å². The summed E-state index contributed by atoms with van der Waals surface area (Å²) in [5.41, 5.74) is 8.31. The molecular formula is C20H29N. The Morgan fingerprint density at radius 2 is 2.05 bits per heavy atom. The molecule has 0 radical (unpaired) electrons. The molecule has 1 aromatic carbocycles. The van der Waals surface area contributed by atoms with Crippen LogP contribution in [0.15, 0.2) is 30.4 Å². The van der Waals surface area contributed by atoms with Crippen LogP contribution >= 0.6 is 0 Å². The van der Waals surface area contributed by atoms with Crippen LogP contribution in [0.3, 0.4) is 0 Å². The summed E-state index contributed by atoms with van der Waals surface area (Å²) >= 11 is 0. The molecule has 0 aromatic heterocycles. The Morgan fingerprint density at radius 3 is 2.62 bits per heavy atom. The quantitative estimate of drug-likeness (QED) is 0.798. The monoisotopic (exact) mass is 283 g/mol. The van der Waals surface area contributed by atoms with E-state index < -0.39 is 0 Å². The molecule has 0 amide bonds. The summed E-state index contributed by atoms with van der Waals surface area (Å²) < 4.78 is 0. The first-order chi connectivity index (χ1) is 10.1.